The highest BCUT2D eigenvalue weighted by molar-refractivity contribution is 7.89. The van der Waals surface area contributed by atoms with E-state index in [4.69, 9.17) is 27.9 Å². The number of carbonyl (C=O) groups is 1. The van der Waals surface area contributed by atoms with E-state index in [1.807, 2.05) is 11.5 Å². The second-order valence-electron chi connectivity index (χ2n) is 7.38. The first-order valence-electron chi connectivity index (χ1n) is 10.3. The number of carbonyl (C=O) groups excluding carboxylic acids is 1. The minimum Gasteiger partial charge on any atom is -0.383 e. The third-order valence-corrected chi connectivity index (χ3v) is 8.45. The van der Waals surface area contributed by atoms with E-state index in [-0.39, 0.29) is 10.5 Å². The van der Waals surface area contributed by atoms with Crippen LogP contribution in [-0.2, 0) is 21.3 Å². The number of ether oxygens (including phenoxy) is 1. The Kier molecular flexibility index (Phi) is 8.71. The average Bonchev–Trinajstić information content (AvgIpc) is 3.12. The lowest BCUT2D eigenvalue weighted by molar-refractivity contribution is 0.0997. The van der Waals surface area contributed by atoms with Gasteiger partial charge in [0.05, 0.1) is 26.7 Å². The average molecular weight is 530 g/mol. The van der Waals surface area contributed by atoms with Crippen molar-refractivity contribution in [2.75, 3.05) is 27.3 Å². The van der Waals surface area contributed by atoms with Crippen LogP contribution in [0.1, 0.15) is 30.1 Å². The van der Waals surface area contributed by atoms with Crippen LogP contribution in [0.4, 0.5) is 0 Å². The van der Waals surface area contributed by atoms with Gasteiger partial charge in [-0.15, -0.1) is 0 Å². The first kappa shape index (κ1) is 25.9. The third-order valence-electron chi connectivity index (χ3n) is 5.05. The summed E-state index contributed by atoms with van der Waals surface area (Å²) in [5, 5.41) is 0.951. The summed E-state index contributed by atoms with van der Waals surface area (Å²) >= 11 is 13.8. The minimum atomic E-state index is -3.61. The maximum atomic E-state index is 12.9. The zero-order valence-electron chi connectivity index (χ0n) is 18.5. The number of hydrogen-bond donors (Lipinski definition) is 0. The number of benzene rings is 2. The fraction of sp³-hybridized carbons (Fsp3) is 0.364. The molecule has 33 heavy (non-hydrogen) atoms. The molecule has 0 fully saturated rings. The molecule has 1 amide bonds. The van der Waals surface area contributed by atoms with Crippen molar-refractivity contribution in [3.63, 3.8) is 0 Å². The molecule has 1 aromatic heterocycles. The first-order chi connectivity index (χ1) is 15.7. The van der Waals surface area contributed by atoms with Crippen LogP contribution in [-0.4, -0.2) is 50.5 Å². The quantitative estimate of drug-likeness (QED) is 0.398. The monoisotopic (exact) mass is 529 g/mol. The fourth-order valence-corrected chi connectivity index (χ4v) is 6.25. The maximum absolute atomic E-state index is 12.9. The molecule has 1 heterocycles. The molecule has 0 aliphatic rings. The van der Waals surface area contributed by atoms with Crippen molar-refractivity contribution in [1.82, 2.24) is 8.87 Å². The van der Waals surface area contributed by atoms with Gasteiger partial charge in [0.1, 0.15) is 0 Å². The molecule has 3 aromatic rings. The lowest BCUT2D eigenvalue weighted by Crippen LogP contribution is -2.27. The molecule has 0 radical (unpaired) electrons. The smallest absolute Gasteiger partial charge is 0.279 e. The molecule has 0 N–H and O–H groups in total. The van der Waals surface area contributed by atoms with E-state index in [1.165, 1.54) is 39.9 Å². The molecule has 2 aromatic carbocycles. The van der Waals surface area contributed by atoms with Gasteiger partial charge in [0, 0.05) is 37.8 Å². The van der Waals surface area contributed by atoms with Crippen molar-refractivity contribution < 1.29 is 17.9 Å². The van der Waals surface area contributed by atoms with Crippen molar-refractivity contribution in [2.24, 2.45) is 4.99 Å². The number of methoxy groups -OCH3 is 1. The summed E-state index contributed by atoms with van der Waals surface area (Å²) in [5.74, 6) is -0.488. The fourth-order valence-electron chi connectivity index (χ4n) is 3.21. The van der Waals surface area contributed by atoms with E-state index in [2.05, 4.69) is 4.99 Å². The highest BCUT2D eigenvalue weighted by Gasteiger charge is 2.20. The standard InChI is InChI=1S/C22H25Cl2N3O4S2/c1-4-5-10-26(2)33(29,30)17-8-6-15(7-9-17)21(28)25-22-27(11-12-31-3)20-18(24)13-16(23)14-19(20)32-22/h6-9,13-14H,4-5,10-12H2,1-3H3. The molecule has 0 aliphatic heterocycles. The summed E-state index contributed by atoms with van der Waals surface area (Å²) in [6.45, 7) is 3.30. The number of thiazole rings is 1. The predicted octanol–water partition coefficient (Wildman–Crippen LogP) is 4.82. The molecule has 0 unspecified atom stereocenters. The Hall–Kier alpha value is -1.75. The second-order valence-corrected chi connectivity index (χ2v) is 11.3. The molecular formula is C22H25Cl2N3O4S2. The first-order valence-corrected chi connectivity index (χ1v) is 13.3. The normalized spacial score (nSPS) is 12.7. The van der Waals surface area contributed by atoms with Gasteiger partial charge in [-0.05, 0) is 42.8 Å². The largest absolute Gasteiger partial charge is 0.383 e. The zero-order valence-corrected chi connectivity index (χ0v) is 21.7. The Labute approximate surface area is 207 Å². The SMILES string of the molecule is CCCCN(C)S(=O)(=O)c1ccc(C(=O)N=c2sc3cc(Cl)cc(Cl)c3n2CCOC)cc1. The third kappa shape index (κ3) is 5.85. The van der Waals surface area contributed by atoms with Crippen LogP contribution in [0, 0.1) is 0 Å². The van der Waals surface area contributed by atoms with Crippen molar-refractivity contribution in [1.29, 1.82) is 0 Å². The van der Waals surface area contributed by atoms with E-state index in [0.29, 0.717) is 34.5 Å². The van der Waals surface area contributed by atoms with Gasteiger partial charge in [-0.1, -0.05) is 47.9 Å². The Balaban J connectivity index is 1.96. The Morgan fingerprint density at radius 3 is 2.55 bits per heavy atom. The predicted molar refractivity (Wildman–Crippen MR) is 133 cm³/mol. The van der Waals surface area contributed by atoms with Crippen LogP contribution in [0.25, 0.3) is 10.2 Å². The summed E-state index contributed by atoms with van der Waals surface area (Å²) in [5.41, 5.74) is 1.01. The number of hydrogen-bond acceptors (Lipinski definition) is 5. The van der Waals surface area contributed by atoms with E-state index >= 15 is 0 Å². The lowest BCUT2D eigenvalue weighted by atomic mass is 10.2. The van der Waals surface area contributed by atoms with Crippen molar-refractivity contribution in [2.45, 2.75) is 31.2 Å². The highest BCUT2D eigenvalue weighted by Crippen LogP contribution is 2.29. The number of aromatic nitrogens is 1. The number of sulfonamides is 1. The van der Waals surface area contributed by atoms with Gasteiger partial charge in [0.25, 0.3) is 5.91 Å². The van der Waals surface area contributed by atoms with Gasteiger partial charge in [0.2, 0.25) is 10.0 Å². The molecule has 7 nitrogen and oxygen atoms in total. The molecule has 0 spiro atoms. The van der Waals surface area contributed by atoms with Crippen molar-refractivity contribution in [3.05, 3.63) is 56.8 Å². The molecule has 0 atom stereocenters. The second kappa shape index (κ2) is 11.1. The number of fused-ring (bicyclic) bond motifs is 1. The Bertz CT molecular complexity index is 1320. The Morgan fingerprint density at radius 2 is 1.91 bits per heavy atom. The summed E-state index contributed by atoms with van der Waals surface area (Å²) in [6.07, 6.45) is 1.67. The number of nitrogens with zero attached hydrogens (tertiary/aromatic N) is 3. The van der Waals surface area contributed by atoms with Gasteiger partial charge in [-0.25, -0.2) is 12.7 Å². The molecular weight excluding hydrogens is 505 g/mol. The van der Waals surface area contributed by atoms with Crippen molar-refractivity contribution >= 4 is 60.7 Å². The van der Waals surface area contributed by atoms with Crippen LogP contribution < -0.4 is 4.80 Å². The van der Waals surface area contributed by atoms with Crippen molar-refractivity contribution in [3.8, 4) is 0 Å². The Morgan fingerprint density at radius 1 is 1.21 bits per heavy atom. The zero-order chi connectivity index (χ0) is 24.2. The molecule has 0 aliphatic carbocycles. The van der Waals surface area contributed by atoms with Crippen LogP contribution in [0.2, 0.25) is 10.0 Å². The van der Waals surface area contributed by atoms with Crippen LogP contribution in [0.5, 0.6) is 0 Å². The highest BCUT2D eigenvalue weighted by atomic mass is 35.5. The number of halogens is 2. The summed E-state index contributed by atoms with van der Waals surface area (Å²) in [6, 6.07) is 9.23. The lowest BCUT2D eigenvalue weighted by Gasteiger charge is -2.16. The molecule has 0 bridgehead atoms. The summed E-state index contributed by atoms with van der Waals surface area (Å²) in [7, 11) is -0.467. The van der Waals surface area contributed by atoms with Crippen LogP contribution in [0.15, 0.2) is 46.3 Å². The number of amides is 1. The summed E-state index contributed by atoms with van der Waals surface area (Å²) in [4.78, 5) is 17.8. The molecule has 3 rings (SSSR count). The van der Waals surface area contributed by atoms with Gasteiger partial charge >= 0.3 is 0 Å². The van der Waals surface area contributed by atoms with E-state index in [9.17, 15) is 13.2 Å². The molecule has 11 heteroatoms. The molecule has 0 saturated heterocycles. The van der Waals surface area contributed by atoms with Gasteiger partial charge in [0.15, 0.2) is 4.80 Å². The maximum Gasteiger partial charge on any atom is 0.279 e. The van der Waals surface area contributed by atoms with E-state index < -0.39 is 15.9 Å². The van der Waals surface area contributed by atoms with E-state index in [0.717, 1.165) is 23.1 Å². The minimum absolute atomic E-state index is 0.135. The summed E-state index contributed by atoms with van der Waals surface area (Å²) < 4.78 is 34.5. The van der Waals surface area contributed by atoms with Gasteiger partial charge < -0.3 is 9.30 Å². The van der Waals surface area contributed by atoms with E-state index in [1.54, 1.807) is 26.3 Å². The van der Waals surface area contributed by atoms with Crippen LogP contribution in [0.3, 0.4) is 0 Å². The van der Waals surface area contributed by atoms with Gasteiger partial charge in [-0.3, -0.25) is 4.79 Å². The topological polar surface area (TPSA) is 81.0 Å². The number of unbranched alkanes of at least 4 members (excludes halogenated alkanes) is 1. The van der Waals surface area contributed by atoms with Gasteiger partial charge in [-0.2, -0.15) is 4.99 Å². The molecule has 0 saturated carbocycles. The number of rotatable bonds is 9. The van der Waals surface area contributed by atoms with Crippen LogP contribution >= 0.6 is 34.5 Å². The molecule has 178 valence electrons.